The number of pyridine rings is 1. The van der Waals surface area contributed by atoms with E-state index in [2.05, 4.69) is 22.5 Å². The van der Waals surface area contributed by atoms with Gasteiger partial charge in [0.05, 0.1) is 31.0 Å². The summed E-state index contributed by atoms with van der Waals surface area (Å²) in [6.45, 7) is 4.05. The molecule has 3 aromatic rings. The molecule has 5 rings (SSSR count). The summed E-state index contributed by atoms with van der Waals surface area (Å²) in [6.07, 6.45) is 8.33. The molecule has 4 heterocycles. The molecule has 198 valence electrons. The van der Waals surface area contributed by atoms with E-state index in [0.717, 1.165) is 66.6 Å². The van der Waals surface area contributed by atoms with Crippen molar-refractivity contribution < 1.29 is 19.4 Å². The first-order chi connectivity index (χ1) is 18.1. The van der Waals surface area contributed by atoms with E-state index in [1.54, 1.807) is 13.3 Å². The fraction of sp³-hybridized carbons (Fsp3) is 0.536. The zero-order valence-electron chi connectivity index (χ0n) is 21.6. The number of hydrogen-bond donors (Lipinski definition) is 2. The number of aromatic nitrogens is 3. The van der Waals surface area contributed by atoms with Crippen LogP contribution >= 0.6 is 0 Å². The molecule has 0 aliphatic carbocycles. The van der Waals surface area contributed by atoms with E-state index in [1.807, 2.05) is 27.8 Å². The van der Waals surface area contributed by atoms with Crippen LogP contribution in [0.25, 0.3) is 10.9 Å². The van der Waals surface area contributed by atoms with Crippen LogP contribution in [-0.4, -0.2) is 76.8 Å². The van der Waals surface area contributed by atoms with Crippen molar-refractivity contribution >= 4 is 22.7 Å². The van der Waals surface area contributed by atoms with E-state index in [4.69, 9.17) is 14.5 Å². The van der Waals surface area contributed by atoms with Gasteiger partial charge in [0.2, 0.25) is 0 Å². The van der Waals surface area contributed by atoms with Crippen molar-refractivity contribution in [3.8, 4) is 0 Å². The molecule has 1 unspecified atom stereocenters. The molecule has 2 aliphatic heterocycles. The van der Waals surface area contributed by atoms with Crippen LogP contribution in [0.1, 0.15) is 48.5 Å². The van der Waals surface area contributed by atoms with E-state index in [-0.39, 0.29) is 6.10 Å². The molecule has 2 aliphatic rings. The summed E-state index contributed by atoms with van der Waals surface area (Å²) in [5.41, 5.74) is 4.11. The minimum absolute atomic E-state index is 0.0767. The summed E-state index contributed by atoms with van der Waals surface area (Å²) in [5, 5.41) is 18.9. The number of carbonyl (C=O) groups is 1. The van der Waals surface area contributed by atoms with Crippen molar-refractivity contribution in [2.75, 3.05) is 45.3 Å². The SMILES string of the molecule is COCCn1ncc2cccc(C(C(=O)O)N3CC(OCCCCCc4ccc5c(n4)NCCC5)C3)c21. The number of unbranched alkanes of at least 4 members (excludes halogenated alkanes) is 2. The van der Waals surface area contributed by atoms with Crippen LogP contribution < -0.4 is 5.32 Å². The van der Waals surface area contributed by atoms with Crippen molar-refractivity contribution in [3.63, 3.8) is 0 Å². The van der Waals surface area contributed by atoms with Gasteiger partial charge in [-0.3, -0.25) is 14.4 Å². The predicted molar refractivity (Wildman–Crippen MR) is 142 cm³/mol. The number of rotatable bonds is 13. The van der Waals surface area contributed by atoms with Crippen molar-refractivity contribution in [2.24, 2.45) is 0 Å². The zero-order chi connectivity index (χ0) is 25.6. The topological polar surface area (TPSA) is 102 Å². The molecule has 0 bridgehead atoms. The van der Waals surface area contributed by atoms with E-state index in [1.165, 1.54) is 12.0 Å². The molecule has 2 aromatic heterocycles. The number of nitrogens with zero attached hydrogens (tertiary/aromatic N) is 4. The number of fused-ring (bicyclic) bond motifs is 2. The lowest BCUT2D eigenvalue weighted by molar-refractivity contribution is -0.150. The van der Waals surface area contributed by atoms with Gasteiger partial charge in [-0.2, -0.15) is 5.10 Å². The summed E-state index contributed by atoms with van der Waals surface area (Å²) in [4.78, 5) is 19.1. The molecule has 2 N–H and O–H groups in total. The number of aliphatic carboxylic acids is 1. The van der Waals surface area contributed by atoms with Gasteiger partial charge in [0.25, 0.3) is 0 Å². The maximum atomic E-state index is 12.3. The molecule has 0 saturated carbocycles. The van der Waals surface area contributed by atoms with E-state index < -0.39 is 12.0 Å². The lowest BCUT2D eigenvalue weighted by Crippen LogP contribution is -2.55. The Morgan fingerprint density at radius 3 is 2.92 bits per heavy atom. The van der Waals surface area contributed by atoms with Gasteiger partial charge < -0.3 is 19.9 Å². The first kappa shape index (κ1) is 25.6. The van der Waals surface area contributed by atoms with Crippen LogP contribution in [0.2, 0.25) is 0 Å². The quantitative estimate of drug-likeness (QED) is 0.338. The molecule has 9 nitrogen and oxygen atoms in total. The largest absolute Gasteiger partial charge is 0.480 e. The number of carboxylic acids is 1. The Balaban J connectivity index is 1.07. The first-order valence-electron chi connectivity index (χ1n) is 13.4. The van der Waals surface area contributed by atoms with Gasteiger partial charge in [0.1, 0.15) is 11.9 Å². The third-order valence-corrected chi connectivity index (χ3v) is 7.35. The van der Waals surface area contributed by atoms with Crippen molar-refractivity contribution in [2.45, 2.75) is 57.2 Å². The molecule has 9 heteroatoms. The molecule has 1 saturated heterocycles. The third kappa shape index (κ3) is 5.95. The van der Waals surface area contributed by atoms with Gasteiger partial charge >= 0.3 is 5.97 Å². The maximum absolute atomic E-state index is 12.3. The molecule has 1 atom stereocenters. The minimum atomic E-state index is -0.851. The summed E-state index contributed by atoms with van der Waals surface area (Å²) in [5.74, 6) is 0.216. The van der Waals surface area contributed by atoms with Gasteiger partial charge in [0, 0.05) is 50.0 Å². The molecule has 37 heavy (non-hydrogen) atoms. The molecule has 1 fully saturated rings. The number of carboxylic acid groups (broad SMARTS) is 1. The Morgan fingerprint density at radius 2 is 2.08 bits per heavy atom. The third-order valence-electron chi connectivity index (χ3n) is 7.35. The van der Waals surface area contributed by atoms with Crippen LogP contribution in [-0.2, 0) is 33.7 Å². The standard InChI is InChI=1S/C28H37N5O4/c1-36-16-14-33-25-21(17-30-33)7-5-10-24(25)26(28(34)35)32-18-23(19-32)37-15-4-2-3-9-22-12-11-20-8-6-13-29-27(20)31-22/h5,7,10-12,17,23,26H,2-4,6,8-9,13-16,18-19H2,1H3,(H,29,31)(H,34,35). The number of ether oxygens (including phenoxy) is 2. The number of benzene rings is 1. The van der Waals surface area contributed by atoms with Crippen molar-refractivity contribution in [1.82, 2.24) is 19.7 Å². The van der Waals surface area contributed by atoms with Crippen LogP contribution in [0.15, 0.2) is 36.5 Å². The minimum Gasteiger partial charge on any atom is -0.480 e. The summed E-state index contributed by atoms with van der Waals surface area (Å²) in [6, 6.07) is 9.42. The Labute approximate surface area is 217 Å². The highest BCUT2D eigenvalue weighted by atomic mass is 16.5. The highest BCUT2D eigenvalue weighted by molar-refractivity contribution is 5.88. The summed E-state index contributed by atoms with van der Waals surface area (Å²) in [7, 11) is 1.65. The van der Waals surface area contributed by atoms with Crippen LogP contribution in [0.5, 0.6) is 0 Å². The van der Waals surface area contributed by atoms with Crippen LogP contribution in [0.3, 0.4) is 0 Å². The summed E-state index contributed by atoms with van der Waals surface area (Å²) < 4.78 is 13.1. The Kier molecular flexibility index (Phi) is 8.33. The molecule has 0 amide bonds. The average molecular weight is 508 g/mol. The second-order valence-electron chi connectivity index (χ2n) is 9.98. The Bertz CT molecular complexity index is 1210. The van der Waals surface area contributed by atoms with Gasteiger partial charge in [-0.05, 0) is 43.7 Å². The highest BCUT2D eigenvalue weighted by Gasteiger charge is 2.38. The average Bonchev–Trinajstić information content (AvgIpc) is 3.31. The lowest BCUT2D eigenvalue weighted by atomic mass is 9.98. The Hall–Kier alpha value is -3.01. The summed E-state index contributed by atoms with van der Waals surface area (Å²) >= 11 is 0. The molecular weight excluding hydrogens is 470 g/mol. The van der Waals surface area contributed by atoms with Gasteiger partial charge in [-0.1, -0.05) is 30.7 Å². The molecule has 0 radical (unpaired) electrons. The number of likely N-dealkylation sites (tertiary alicyclic amines) is 1. The number of para-hydroxylation sites is 1. The first-order valence-corrected chi connectivity index (χ1v) is 13.4. The normalized spacial score (nSPS) is 16.8. The molecule has 0 spiro atoms. The van der Waals surface area contributed by atoms with Crippen LogP contribution in [0, 0.1) is 0 Å². The number of nitrogens with one attached hydrogen (secondary N) is 1. The number of hydrogen-bond acceptors (Lipinski definition) is 7. The van der Waals surface area contributed by atoms with Gasteiger partial charge in [-0.25, -0.2) is 4.98 Å². The smallest absolute Gasteiger partial charge is 0.325 e. The molecular formula is C28H37N5O4. The lowest BCUT2D eigenvalue weighted by Gasteiger charge is -2.42. The fourth-order valence-electron chi connectivity index (χ4n) is 5.35. The van der Waals surface area contributed by atoms with Crippen LogP contribution in [0.4, 0.5) is 5.82 Å². The number of aryl methyl sites for hydroxylation is 2. The van der Waals surface area contributed by atoms with Gasteiger partial charge in [0.15, 0.2) is 0 Å². The second-order valence-corrected chi connectivity index (χ2v) is 9.98. The Morgan fingerprint density at radius 1 is 1.19 bits per heavy atom. The van der Waals surface area contributed by atoms with E-state index >= 15 is 0 Å². The van der Waals surface area contributed by atoms with Crippen molar-refractivity contribution in [1.29, 1.82) is 0 Å². The van der Waals surface area contributed by atoms with E-state index in [0.29, 0.717) is 32.8 Å². The van der Waals surface area contributed by atoms with E-state index in [9.17, 15) is 9.90 Å². The number of anilines is 1. The highest BCUT2D eigenvalue weighted by Crippen LogP contribution is 2.32. The van der Waals surface area contributed by atoms with Gasteiger partial charge in [-0.15, -0.1) is 0 Å². The maximum Gasteiger partial charge on any atom is 0.325 e. The molecule has 1 aromatic carbocycles. The fourth-order valence-corrected chi connectivity index (χ4v) is 5.35. The van der Waals surface area contributed by atoms with Crippen molar-refractivity contribution in [3.05, 3.63) is 53.3 Å². The number of methoxy groups -OCH3 is 1. The second kappa shape index (κ2) is 12.0. The monoisotopic (exact) mass is 507 g/mol. The predicted octanol–water partition coefficient (Wildman–Crippen LogP) is 3.68. The zero-order valence-corrected chi connectivity index (χ0v) is 21.6.